The first-order valence-corrected chi connectivity index (χ1v) is 17.2. The molecule has 11 aromatic rings. The van der Waals surface area contributed by atoms with Crippen molar-refractivity contribution in [1.29, 1.82) is 0 Å². The van der Waals surface area contributed by atoms with Crippen molar-refractivity contribution < 1.29 is 8.83 Å². The number of furan rings is 2. The monoisotopic (exact) mass is 666 g/mol. The summed E-state index contributed by atoms with van der Waals surface area (Å²) >= 11 is 0. The number of aromatic nitrogens is 4. The van der Waals surface area contributed by atoms with Gasteiger partial charge in [0.15, 0.2) is 17.5 Å². The second kappa shape index (κ2) is 11.2. The zero-order valence-corrected chi connectivity index (χ0v) is 27.6. The van der Waals surface area contributed by atoms with E-state index >= 15 is 0 Å². The molecule has 0 aliphatic carbocycles. The number of benzene rings is 7. The van der Waals surface area contributed by atoms with E-state index in [9.17, 15) is 0 Å². The molecule has 242 valence electrons. The topological polar surface area (TPSA) is 77.8 Å². The Morgan fingerprint density at radius 3 is 1.90 bits per heavy atom. The Morgan fingerprint density at radius 2 is 1.04 bits per heavy atom. The highest BCUT2D eigenvalue weighted by molar-refractivity contribution is 6.18. The summed E-state index contributed by atoms with van der Waals surface area (Å²) in [4.78, 5) is 19.8. The summed E-state index contributed by atoms with van der Waals surface area (Å²) in [7, 11) is 0. The molecule has 52 heavy (non-hydrogen) atoms. The molecule has 0 N–H and O–H groups in total. The van der Waals surface area contributed by atoms with Crippen LogP contribution in [0.4, 0.5) is 0 Å². The lowest BCUT2D eigenvalue weighted by Crippen LogP contribution is -2.00. The van der Waals surface area contributed by atoms with Crippen LogP contribution in [0, 0.1) is 0 Å². The highest BCUT2D eigenvalue weighted by atomic mass is 16.3. The van der Waals surface area contributed by atoms with Crippen LogP contribution in [0.3, 0.4) is 0 Å². The highest BCUT2D eigenvalue weighted by Gasteiger charge is 2.20. The molecule has 0 bridgehead atoms. The molecule has 0 saturated heterocycles. The maximum Gasteiger partial charge on any atom is 0.164 e. The van der Waals surface area contributed by atoms with E-state index in [-0.39, 0.29) is 0 Å². The molecule has 0 aliphatic rings. The minimum atomic E-state index is 0.583. The van der Waals surface area contributed by atoms with E-state index in [1.165, 1.54) is 0 Å². The molecule has 11 rings (SSSR count). The Kier molecular flexibility index (Phi) is 6.15. The van der Waals surface area contributed by atoms with Crippen molar-refractivity contribution in [2.24, 2.45) is 0 Å². The normalized spacial score (nSPS) is 11.8. The SMILES string of the molecule is c1ccc(-c2nc(-c3cc(-c4cccc5oc6cc7ccncc7cc6c45)c4ccccc4c3)nc(-c3cccc4oc5ccccc5c34)n2)cc1. The van der Waals surface area contributed by atoms with Crippen LogP contribution in [0.15, 0.2) is 167 Å². The van der Waals surface area contributed by atoms with E-state index in [4.69, 9.17) is 23.8 Å². The van der Waals surface area contributed by atoms with E-state index in [2.05, 4.69) is 77.8 Å². The van der Waals surface area contributed by atoms with E-state index in [1.54, 1.807) is 0 Å². The average Bonchev–Trinajstić information content (AvgIpc) is 3.78. The van der Waals surface area contributed by atoms with Crippen molar-refractivity contribution in [3.63, 3.8) is 0 Å². The molecule has 4 aromatic heterocycles. The summed E-state index contributed by atoms with van der Waals surface area (Å²) in [5.41, 5.74) is 8.12. The van der Waals surface area contributed by atoms with Gasteiger partial charge in [-0.2, -0.15) is 0 Å². The molecule has 0 radical (unpaired) electrons. The first kappa shape index (κ1) is 28.6. The van der Waals surface area contributed by atoms with Crippen molar-refractivity contribution in [2.75, 3.05) is 0 Å². The van der Waals surface area contributed by atoms with E-state index in [0.29, 0.717) is 17.5 Å². The quantitative estimate of drug-likeness (QED) is 0.186. The van der Waals surface area contributed by atoms with Crippen LogP contribution in [-0.4, -0.2) is 19.9 Å². The van der Waals surface area contributed by atoms with Crippen LogP contribution in [-0.2, 0) is 0 Å². The molecule has 4 heterocycles. The third-order valence-electron chi connectivity index (χ3n) is 9.98. The molecule has 6 heteroatoms. The maximum atomic E-state index is 6.48. The molecule has 0 amide bonds. The summed E-state index contributed by atoms with van der Waals surface area (Å²) in [6.07, 6.45) is 3.72. The van der Waals surface area contributed by atoms with Gasteiger partial charge >= 0.3 is 0 Å². The van der Waals surface area contributed by atoms with Gasteiger partial charge in [-0.15, -0.1) is 0 Å². The summed E-state index contributed by atoms with van der Waals surface area (Å²) in [5.74, 6) is 1.77. The van der Waals surface area contributed by atoms with Gasteiger partial charge in [-0.25, -0.2) is 15.0 Å². The Balaban J connectivity index is 1.19. The van der Waals surface area contributed by atoms with Crippen molar-refractivity contribution in [2.45, 2.75) is 0 Å². The van der Waals surface area contributed by atoms with E-state index in [1.807, 2.05) is 85.2 Å². The predicted octanol–water partition coefficient (Wildman–Crippen LogP) is 12.0. The summed E-state index contributed by atoms with van der Waals surface area (Å²) in [5, 5.41) is 8.48. The highest BCUT2D eigenvalue weighted by Crippen LogP contribution is 2.42. The maximum absolute atomic E-state index is 6.48. The van der Waals surface area contributed by atoms with Crippen LogP contribution in [0.1, 0.15) is 0 Å². The third kappa shape index (κ3) is 4.44. The van der Waals surface area contributed by atoms with Crippen LogP contribution in [0.2, 0.25) is 0 Å². The molecule has 0 spiro atoms. The number of pyridine rings is 1. The van der Waals surface area contributed by atoms with Crippen molar-refractivity contribution in [1.82, 2.24) is 19.9 Å². The van der Waals surface area contributed by atoms with Gasteiger partial charge in [-0.05, 0) is 75.8 Å². The molecule has 0 aliphatic heterocycles. The van der Waals surface area contributed by atoms with Gasteiger partial charge in [0.25, 0.3) is 0 Å². The Labute approximate surface area is 296 Å². The van der Waals surface area contributed by atoms with Gasteiger partial charge in [0.1, 0.15) is 22.3 Å². The zero-order chi connectivity index (χ0) is 34.2. The fraction of sp³-hybridized carbons (Fsp3) is 0. The number of hydrogen-bond acceptors (Lipinski definition) is 6. The van der Waals surface area contributed by atoms with E-state index in [0.717, 1.165) is 93.2 Å². The molecule has 0 fully saturated rings. The van der Waals surface area contributed by atoms with Crippen LogP contribution in [0.25, 0.3) is 111 Å². The largest absolute Gasteiger partial charge is 0.456 e. The molecular weight excluding hydrogens is 641 g/mol. The van der Waals surface area contributed by atoms with Crippen molar-refractivity contribution >= 4 is 65.4 Å². The Bertz CT molecular complexity index is 3200. The number of rotatable bonds is 4. The number of nitrogens with zero attached hydrogens (tertiary/aromatic N) is 4. The second-order valence-corrected chi connectivity index (χ2v) is 13.0. The Morgan fingerprint density at radius 1 is 0.365 bits per heavy atom. The average molecular weight is 667 g/mol. The molecule has 7 aromatic carbocycles. The van der Waals surface area contributed by atoms with Crippen LogP contribution < -0.4 is 0 Å². The molecule has 0 saturated carbocycles. The number of para-hydroxylation sites is 1. The number of fused-ring (bicyclic) bond motifs is 8. The Hall–Kier alpha value is -7.18. The summed E-state index contributed by atoms with van der Waals surface area (Å²) in [6.45, 7) is 0. The smallest absolute Gasteiger partial charge is 0.164 e. The van der Waals surface area contributed by atoms with E-state index < -0.39 is 0 Å². The van der Waals surface area contributed by atoms with Gasteiger partial charge in [0, 0.05) is 56.0 Å². The van der Waals surface area contributed by atoms with Gasteiger partial charge < -0.3 is 8.83 Å². The van der Waals surface area contributed by atoms with Crippen molar-refractivity contribution in [3.05, 3.63) is 158 Å². The number of hydrogen-bond donors (Lipinski definition) is 0. The lowest BCUT2D eigenvalue weighted by molar-refractivity contribution is 0.669. The first-order chi connectivity index (χ1) is 25.7. The fourth-order valence-corrected chi connectivity index (χ4v) is 7.60. The lowest BCUT2D eigenvalue weighted by Gasteiger charge is -2.13. The summed E-state index contributed by atoms with van der Waals surface area (Å²) < 4.78 is 12.7. The molecular formula is C46H26N4O2. The van der Waals surface area contributed by atoms with Gasteiger partial charge in [0.2, 0.25) is 0 Å². The van der Waals surface area contributed by atoms with Gasteiger partial charge in [-0.3, -0.25) is 4.98 Å². The predicted molar refractivity (Wildman–Crippen MR) is 209 cm³/mol. The third-order valence-corrected chi connectivity index (χ3v) is 9.98. The standard InChI is InChI=1S/C46H26N4O2/c1-2-10-27(11-3-1)44-48-45(50-46(49-44)35-16-9-19-40-43(35)34-14-6-7-17-38(34)51-40)30-22-29-12-4-5-13-32(29)36(23-30)33-15-8-18-39-42(33)37-24-31-26-47-21-20-28(31)25-41(37)52-39/h1-26H. The van der Waals surface area contributed by atoms with Crippen molar-refractivity contribution in [3.8, 4) is 45.3 Å². The fourth-order valence-electron chi connectivity index (χ4n) is 7.60. The molecule has 0 unspecified atom stereocenters. The lowest BCUT2D eigenvalue weighted by atomic mass is 9.92. The van der Waals surface area contributed by atoms with Crippen LogP contribution >= 0.6 is 0 Å². The molecule has 6 nitrogen and oxygen atoms in total. The second-order valence-electron chi connectivity index (χ2n) is 13.0. The van der Waals surface area contributed by atoms with Gasteiger partial charge in [-0.1, -0.05) is 97.1 Å². The minimum Gasteiger partial charge on any atom is -0.456 e. The zero-order valence-electron chi connectivity index (χ0n) is 27.6. The first-order valence-electron chi connectivity index (χ1n) is 17.2. The van der Waals surface area contributed by atoms with Gasteiger partial charge in [0.05, 0.1) is 0 Å². The minimum absolute atomic E-state index is 0.583. The van der Waals surface area contributed by atoms with Crippen LogP contribution in [0.5, 0.6) is 0 Å². The molecule has 0 atom stereocenters. The summed E-state index contributed by atoms with van der Waals surface area (Å²) in [6, 6.07) is 49.7.